The van der Waals surface area contributed by atoms with Crippen LogP contribution in [0.25, 0.3) is 0 Å². The molecule has 0 saturated carbocycles. The molecular formula is C14H19FN2O. The topological polar surface area (TPSA) is 46.3 Å². The molecule has 1 heterocycles. The number of halogens is 1. The van der Waals surface area contributed by atoms with Crippen LogP contribution in [0.3, 0.4) is 0 Å². The number of benzene rings is 1. The van der Waals surface area contributed by atoms with E-state index in [2.05, 4.69) is 13.8 Å². The van der Waals surface area contributed by atoms with Crippen molar-refractivity contribution in [2.75, 3.05) is 13.1 Å². The second-order valence-electron chi connectivity index (χ2n) is 5.61. The second-order valence-corrected chi connectivity index (χ2v) is 5.61. The minimum Gasteiger partial charge on any atom is -0.337 e. The maximum Gasteiger partial charge on any atom is 0.254 e. The SMILES string of the molecule is CC1(C)CCN(C(=O)c2cccc(F)c2)CC1N. The van der Waals surface area contributed by atoms with Crippen molar-refractivity contribution in [2.45, 2.75) is 26.3 Å². The van der Waals surface area contributed by atoms with Crippen LogP contribution < -0.4 is 5.73 Å². The van der Waals surface area contributed by atoms with Gasteiger partial charge in [-0.05, 0) is 30.0 Å². The molecular weight excluding hydrogens is 231 g/mol. The highest BCUT2D eigenvalue weighted by atomic mass is 19.1. The Morgan fingerprint density at radius 3 is 2.83 bits per heavy atom. The van der Waals surface area contributed by atoms with Crippen LogP contribution in [0.2, 0.25) is 0 Å². The average Bonchev–Trinajstić information content (AvgIpc) is 2.32. The molecule has 1 aromatic rings. The number of hydrogen-bond donors (Lipinski definition) is 1. The lowest BCUT2D eigenvalue weighted by Crippen LogP contribution is -2.54. The largest absolute Gasteiger partial charge is 0.337 e. The van der Waals surface area contributed by atoms with Crippen LogP contribution in [0, 0.1) is 11.2 Å². The Morgan fingerprint density at radius 2 is 2.22 bits per heavy atom. The summed E-state index contributed by atoms with van der Waals surface area (Å²) in [6.45, 7) is 5.43. The molecule has 1 unspecified atom stereocenters. The first-order valence-corrected chi connectivity index (χ1v) is 6.20. The molecule has 1 aliphatic rings. The molecule has 1 aromatic carbocycles. The highest BCUT2D eigenvalue weighted by molar-refractivity contribution is 5.94. The van der Waals surface area contributed by atoms with Gasteiger partial charge in [-0.25, -0.2) is 4.39 Å². The van der Waals surface area contributed by atoms with Crippen molar-refractivity contribution in [1.29, 1.82) is 0 Å². The average molecular weight is 250 g/mol. The van der Waals surface area contributed by atoms with E-state index in [0.29, 0.717) is 18.7 Å². The molecule has 1 fully saturated rings. The Kier molecular flexibility index (Phi) is 3.39. The summed E-state index contributed by atoms with van der Waals surface area (Å²) in [4.78, 5) is 13.9. The van der Waals surface area contributed by atoms with Crippen molar-refractivity contribution in [3.63, 3.8) is 0 Å². The van der Waals surface area contributed by atoms with Crippen molar-refractivity contribution < 1.29 is 9.18 Å². The van der Waals surface area contributed by atoms with E-state index in [1.54, 1.807) is 17.0 Å². The van der Waals surface area contributed by atoms with Crippen LogP contribution in [-0.2, 0) is 0 Å². The van der Waals surface area contributed by atoms with Gasteiger partial charge in [0.05, 0.1) is 0 Å². The highest BCUT2D eigenvalue weighted by Gasteiger charge is 2.34. The zero-order valence-electron chi connectivity index (χ0n) is 10.8. The number of likely N-dealkylation sites (tertiary alicyclic amines) is 1. The molecule has 0 spiro atoms. The Labute approximate surface area is 107 Å². The van der Waals surface area contributed by atoms with Gasteiger partial charge in [-0.1, -0.05) is 19.9 Å². The molecule has 1 atom stereocenters. The zero-order valence-corrected chi connectivity index (χ0v) is 10.8. The lowest BCUT2D eigenvalue weighted by molar-refractivity contribution is 0.0575. The van der Waals surface area contributed by atoms with Gasteiger partial charge >= 0.3 is 0 Å². The number of hydrogen-bond acceptors (Lipinski definition) is 2. The Balaban J connectivity index is 2.12. The van der Waals surface area contributed by atoms with Gasteiger partial charge < -0.3 is 10.6 Å². The Morgan fingerprint density at radius 1 is 1.50 bits per heavy atom. The smallest absolute Gasteiger partial charge is 0.254 e. The third kappa shape index (κ3) is 2.53. The minimum atomic E-state index is -0.387. The van der Waals surface area contributed by atoms with Crippen LogP contribution in [0.5, 0.6) is 0 Å². The fourth-order valence-corrected chi connectivity index (χ4v) is 2.17. The van der Waals surface area contributed by atoms with Crippen molar-refractivity contribution in [3.8, 4) is 0 Å². The molecule has 2 rings (SSSR count). The first-order valence-electron chi connectivity index (χ1n) is 6.20. The standard InChI is InChI=1S/C14H19FN2O/c1-14(2)6-7-17(9-12(14)16)13(18)10-4-3-5-11(15)8-10/h3-5,8,12H,6-7,9,16H2,1-2H3. The number of piperidine rings is 1. The number of rotatable bonds is 1. The van der Waals surface area contributed by atoms with Crippen molar-refractivity contribution in [3.05, 3.63) is 35.6 Å². The van der Waals surface area contributed by atoms with Gasteiger partial charge in [0, 0.05) is 24.7 Å². The molecule has 98 valence electrons. The molecule has 3 nitrogen and oxygen atoms in total. The van der Waals surface area contributed by atoms with E-state index in [1.807, 2.05) is 0 Å². The van der Waals surface area contributed by atoms with Crippen molar-refractivity contribution in [1.82, 2.24) is 4.90 Å². The van der Waals surface area contributed by atoms with Crippen molar-refractivity contribution >= 4 is 5.91 Å². The van der Waals surface area contributed by atoms with E-state index < -0.39 is 0 Å². The van der Waals surface area contributed by atoms with Gasteiger partial charge in [-0.3, -0.25) is 4.79 Å². The molecule has 0 radical (unpaired) electrons. The van der Waals surface area contributed by atoms with Gasteiger partial charge in [0.1, 0.15) is 5.82 Å². The van der Waals surface area contributed by atoms with Gasteiger partial charge in [-0.15, -0.1) is 0 Å². The van der Waals surface area contributed by atoms with E-state index in [4.69, 9.17) is 5.73 Å². The summed E-state index contributed by atoms with van der Waals surface area (Å²) in [6, 6.07) is 5.76. The molecule has 1 aliphatic heterocycles. The fraction of sp³-hybridized carbons (Fsp3) is 0.500. The zero-order chi connectivity index (χ0) is 13.3. The van der Waals surface area contributed by atoms with Gasteiger partial charge in [0.25, 0.3) is 5.91 Å². The van der Waals surface area contributed by atoms with Crippen LogP contribution >= 0.6 is 0 Å². The third-order valence-electron chi connectivity index (χ3n) is 3.81. The molecule has 1 saturated heterocycles. The van der Waals surface area contributed by atoms with Gasteiger partial charge in [0.15, 0.2) is 0 Å². The lowest BCUT2D eigenvalue weighted by atomic mass is 9.78. The molecule has 0 aliphatic carbocycles. The van der Waals surface area contributed by atoms with Gasteiger partial charge in [-0.2, -0.15) is 0 Å². The van der Waals surface area contributed by atoms with E-state index in [9.17, 15) is 9.18 Å². The Hall–Kier alpha value is -1.42. The monoisotopic (exact) mass is 250 g/mol. The molecule has 0 aromatic heterocycles. The normalized spacial score (nSPS) is 22.9. The number of amides is 1. The van der Waals surface area contributed by atoms with Crippen molar-refractivity contribution in [2.24, 2.45) is 11.1 Å². The first-order chi connectivity index (χ1) is 8.40. The second kappa shape index (κ2) is 4.69. The van der Waals surface area contributed by atoms with Crippen LogP contribution in [0.1, 0.15) is 30.6 Å². The van der Waals surface area contributed by atoms with E-state index >= 15 is 0 Å². The highest BCUT2D eigenvalue weighted by Crippen LogP contribution is 2.29. The Bertz CT molecular complexity index is 459. The summed E-state index contributed by atoms with van der Waals surface area (Å²) in [5.74, 6) is -0.525. The number of carbonyl (C=O) groups is 1. The molecule has 18 heavy (non-hydrogen) atoms. The summed E-state index contributed by atoms with van der Waals surface area (Å²) in [5, 5.41) is 0. The first kappa shape index (κ1) is 13.0. The predicted octanol–water partition coefficient (Wildman–Crippen LogP) is 2.03. The van der Waals surface area contributed by atoms with E-state index in [0.717, 1.165) is 6.42 Å². The molecule has 1 amide bonds. The van der Waals surface area contributed by atoms with Crippen LogP contribution in [-0.4, -0.2) is 29.9 Å². The maximum absolute atomic E-state index is 13.1. The van der Waals surface area contributed by atoms with Gasteiger partial charge in [0.2, 0.25) is 0 Å². The summed E-state index contributed by atoms with van der Waals surface area (Å²) in [7, 11) is 0. The molecule has 0 bridgehead atoms. The van der Waals surface area contributed by atoms with E-state index in [-0.39, 0.29) is 23.2 Å². The summed E-state index contributed by atoms with van der Waals surface area (Å²) >= 11 is 0. The minimum absolute atomic E-state index is 0.0382. The number of carbonyl (C=O) groups excluding carboxylic acids is 1. The third-order valence-corrected chi connectivity index (χ3v) is 3.81. The summed E-state index contributed by atoms with van der Waals surface area (Å²) in [5.41, 5.74) is 6.53. The maximum atomic E-state index is 13.1. The number of nitrogens with two attached hydrogens (primary N) is 1. The molecule has 4 heteroatoms. The van der Waals surface area contributed by atoms with Crippen LogP contribution in [0.4, 0.5) is 4.39 Å². The van der Waals surface area contributed by atoms with E-state index in [1.165, 1.54) is 12.1 Å². The number of nitrogens with zero attached hydrogens (tertiary/aromatic N) is 1. The predicted molar refractivity (Wildman–Crippen MR) is 68.7 cm³/mol. The van der Waals surface area contributed by atoms with Crippen LogP contribution in [0.15, 0.2) is 24.3 Å². The summed E-state index contributed by atoms with van der Waals surface area (Å²) < 4.78 is 13.1. The fourth-order valence-electron chi connectivity index (χ4n) is 2.17. The summed E-state index contributed by atoms with van der Waals surface area (Å²) in [6.07, 6.45) is 0.870. The molecule has 2 N–H and O–H groups in total. The quantitative estimate of drug-likeness (QED) is 0.829. The lowest BCUT2D eigenvalue weighted by Gasteiger charge is -2.42.